The zero-order valence-electron chi connectivity index (χ0n) is 11.8. The molecule has 0 spiro atoms. The van der Waals surface area contributed by atoms with E-state index in [1.54, 1.807) is 11.3 Å². The van der Waals surface area contributed by atoms with Gasteiger partial charge in [-0.25, -0.2) is 0 Å². The van der Waals surface area contributed by atoms with E-state index in [-0.39, 0.29) is 11.8 Å². The molecule has 1 atom stereocenters. The zero-order chi connectivity index (χ0) is 14.1. The standard InChI is InChI=1S/C18H18OS/c1-12(2)18(19)16-10-9-15(17-8-5-11-20-17)13-6-3-4-7-14(13)16/h3-9,11-12,16H,10H2,1-2H3. The van der Waals surface area contributed by atoms with E-state index in [1.807, 2.05) is 19.9 Å². The molecule has 0 radical (unpaired) electrons. The number of ketones is 1. The highest BCUT2D eigenvalue weighted by Crippen LogP contribution is 2.40. The Kier molecular flexibility index (Phi) is 3.58. The Labute approximate surface area is 124 Å². The summed E-state index contributed by atoms with van der Waals surface area (Å²) in [5.74, 6) is 0.457. The molecule has 0 saturated heterocycles. The van der Waals surface area contributed by atoms with Crippen molar-refractivity contribution in [2.75, 3.05) is 0 Å². The van der Waals surface area contributed by atoms with Gasteiger partial charge in [0.2, 0.25) is 0 Å². The maximum Gasteiger partial charge on any atom is 0.143 e. The monoisotopic (exact) mass is 282 g/mol. The van der Waals surface area contributed by atoms with Gasteiger partial charge in [0.1, 0.15) is 5.78 Å². The lowest BCUT2D eigenvalue weighted by molar-refractivity contribution is -0.123. The van der Waals surface area contributed by atoms with Gasteiger partial charge in [0, 0.05) is 16.7 Å². The molecule has 2 aromatic rings. The summed E-state index contributed by atoms with van der Waals surface area (Å²) in [7, 11) is 0. The first kappa shape index (κ1) is 13.3. The average molecular weight is 282 g/mol. The predicted octanol–water partition coefficient (Wildman–Crippen LogP) is 4.89. The Balaban J connectivity index is 2.07. The number of carbonyl (C=O) groups excluding carboxylic acids is 1. The number of thiophene rings is 1. The third-order valence-corrected chi connectivity index (χ3v) is 4.79. The minimum atomic E-state index is 0.0231. The molecule has 20 heavy (non-hydrogen) atoms. The van der Waals surface area contributed by atoms with Crippen LogP contribution in [0.4, 0.5) is 0 Å². The van der Waals surface area contributed by atoms with Crippen molar-refractivity contribution in [3.05, 3.63) is 63.9 Å². The van der Waals surface area contributed by atoms with Crippen LogP contribution in [0.15, 0.2) is 47.9 Å². The fraction of sp³-hybridized carbons (Fsp3) is 0.278. The van der Waals surface area contributed by atoms with E-state index in [0.29, 0.717) is 5.78 Å². The van der Waals surface area contributed by atoms with Crippen molar-refractivity contribution in [1.82, 2.24) is 0 Å². The SMILES string of the molecule is CC(C)C(=O)C1CC=C(c2cccs2)c2ccccc21. The molecule has 2 heteroatoms. The van der Waals surface area contributed by atoms with E-state index in [2.05, 4.69) is 41.8 Å². The second-order valence-electron chi connectivity index (χ2n) is 5.53. The number of Topliss-reactive ketones (excluding diaryl/α,β-unsaturated/α-hetero) is 1. The lowest BCUT2D eigenvalue weighted by Gasteiger charge is -2.25. The first-order valence-electron chi connectivity index (χ1n) is 7.05. The smallest absolute Gasteiger partial charge is 0.143 e. The lowest BCUT2D eigenvalue weighted by Crippen LogP contribution is -2.21. The van der Waals surface area contributed by atoms with Crippen LogP contribution in [-0.2, 0) is 4.79 Å². The van der Waals surface area contributed by atoms with Crippen LogP contribution < -0.4 is 0 Å². The fourth-order valence-corrected chi connectivity index (χ4v) is 3.64. The maximum atomic E-state index is 12.4. The number of fused-ring (bicyclic) bond motifs is 1. The van der Waals surface area contributed by atoms with Crippen LogP contribution in [0.2, 0.25) is 0 Å². The van der Waals surface area contributed by atoms with E-state index in [9.17, 15) is 4.79 Å². The molecule has 102 valence electrons. The lowest BCUT2D eigenvalue weighted by atomic mass is 9.78. The molecule has 1 aliphatic rings. The van der Waals surface area contributed by atoms with E-state index in [0.717, 1.165) is 6.42 Å². The van der Waals surface area contributed by atoms with Crippen molar-refractivity contribution in [1.29, 1.82) is 0 Å². The minimum absolute atomic E-state index is 0.0231. The molecular formula is C18H18OS. The Morgan fingerprint density at radius 3 is 2.70 bits per heavy atom. The molecule has 1 aromatic heterocycles. The molecule has 0 bridgehead atoms. The van der Waals surface area contributed by atoms with Gasteiger partial charge < -0.3 is 0 Å². The van der Waals surface area contributed by atoms with Gasteiger partial charge in [-0.05, 0) is 34.6 Å². The van der Waals surface area contributed by atoms with Crippen LogP contribution in [0.5, 0.6) is 0 Å². The molecule has 1 aliphatic carbocycles. The van der Waals surface area contributed by atoms with Gasteiger partial charge in [-0.2, -0.15) is 0 Å². The third-order valence-electron chi connectivity index (χ3n) is 3.88. The summed E-state index contributed by atoms with van der Waals surface area (Å²) in [4.78, 5) is 13.7. The summed E-state index contributed by atoms with van der Waals surface area (Å²) in [5, 5.41) is 2.10. The number of benzene rings is 1. The second-order valence-corrected chi connectivity index (χ2v) is 6.48. The Morgan fingerprint density at radius 1 is 1.20 bits per heavy atom. The summed E-state index contributed by atoms with van der Waals surface area (Å²) < 4.78 is 0. The van der Waals surface area contributed by atoms with Crippen LogP contribution in [0.1, 0.15) is 42.2 Å². The van der Waals surface area contributed by atoms with Crippen LogP contribution in [0, 0.1) is 5.92 Å². The molecular weight excluding hydrogens is 264 g/mol. The van der Waals surface area contributed by atoms with Crippen molar-refractivity contribution in [3.8, 4) is 0 Å². The van der Waals surface area contributed by atoms with Crippen molar-refractivity contribution in [2.24, 2.45) is 5.92 Å². The Morgan fingerprint density at radius 2 is 2.00 bits per heavy atom. The molecule has 0 fully saturated rings. The molecule has 0 saturated carbocycles. The largest absolute Gasteiger partial charge is 0.299 e. The number of hydrogen-bond acceptors (Lipinski definition) is 2. The predicted molar refractivity (Wildman–Crippen MR) is 85.0 cm³/mol. The van der Waals surface area contributed by atoms with Gasteiger partial charge in [0.05, 0.1) is 0 Å². The number of carbonyl (C=O) groups is 1. The summed E-state index contributed by atoms with van der Waals surface area (Å²) in [6.45, 7) is 3.98. The third kappa shape index (κ3) is 2.25. The summed E-state index contributed by atoms with van der Waals surface area (Å²) in [5.41, 5.74) is 3.70. The van der Waals surface area contributed by atoms with E-state index < -0.39 is 0 Å². The van der Waals surface area contributed by atoms with E-state index in [4.69, 9.17) is 0 Å². The number of allylic oxidation sites excluding steroid dienone is 1. The summed E-state index contributed by atoms with van der Waals surface area (Å²) in [6, 6.07) is 12.6. The number of hydrogen-bond donors (Lipinski definition) is 0. The first-order valence-corrected chi connectivity index (χ1v) is 7.93. The van der Waals surface area contributed by atoms with Crippen molar-refractivity contribution >= 4 is 22.7 Å². The molecule has 0 N–H and O–H groups in total. The van der Waals surface area contributed by atoms with Crippen LogP contribution in [0.3, 0.4) is 0 Å². The fourth-order valence-electron chi connectivity index (χ4n) is 2.86. The van der Waals surface area contributed by atoms with Crippen molar-refractivity contribution < 1.29 is 4.79 Å². The molecule has 1 nitrogen and oxygen atoms in total. The Bertz CT molecular complexity index is 650. The molecule has 1 aromatic carbocycles. The number of rotatable bonds is 3. The highest BCUT2D eigenvalue weighted by Gasteiger charge is 2.28. The Hall–Kier alpha value is -1.67. The van der Waals surface area contributed by atoms with Crippen LogP contribution in [0.25, 0.3) is 5.57 Å². The van der Waals surface area contributed by atoms with E-state index >= 15 is 0 Å². The highest BCUT2D eigenvalue weighted by molar-refractivity contribution is 7.11. The van der Waals surface area contributed by atoms with E-state index in [1.165, 1.54) is 21.6 Å². The highest BCUT2D eigenvalue weighted by atomic mass is 32.1. The minimum Gasteiger partial charge on any atom is -0.299 e. The molecule has 1 unspecified atom stereocenters. The quantitative estimate of drug-likeness (QED) is 0.783. The molecule has 1 heterocycles. The van der Waals surface area contributed by atoms with Crippen LogP contribution in [-0.4, -0.2) is 5.78 Å². The van der Waals surface area contributed by atoms with Crippen molar-refractivity contribution in [2.45, 2.75) is 26.2 Å². The van der Waals surface area contributed by atoms with Gasteiger partial charge in [-0.1, -0.05) is 50.3 Å². The van der Waals surface area contributed by atoms with Gasteiger partial charge in [-0.3, -0.25) is 4.79 Å². The van der Waals surface area contributed by atoms with Crippen LogP contribution >= 0.6 is 11.3 Å². The normalized spacial score (nSPS) is 17.8. The summed E-state index contributed by atoms with van der Waals surface area (Å²) >= 11 is 1.76. The van der Waals surface area contributed by atoms with Gasteiger partial charge in [0.15, 0.2) is 0 Å². The average Bonchev–Trinajstić information content (AvgIpc) is 2.99. The van der Waals surface area contributed by atoms with Gasteiger partial charge in [0.25, 0.3) is 0 Å². The van der Waals surface area contributed by atoms with Crippen molar-refractivity contribution in [3.63, 3.8) is 0 Å². The summed E-state index contributed by atoms with van der Waals surface area (Å²) in [6.07, 6.45) is 3.06. The second kappa shape index (κ2) is 5.37. The first-order chi connectivity index (χ1) is 9.68. The molecule has 0 aliphatic heterocycles. The topological polar surface area (TPSA) is 17.1 Å². The van der Waals surface area contributed by atoms with Gasteiger partial charge >= 0.3 is 0 Å². The molecule has 3 rings (SSSR count). The zero-order valence-corrected chi connectivity index (χ0v) is 12.6. The maximum absolute atomic E-state index is 12.4. The van der Waals surface area contributed by atoms with Gasteiger partial charge in [-0.15, -0.1) is 11.3 Å². The molecule has 0 amide bonds.